The van der Waals surface area contributed by atoms with Crippen LogP contribution in [0.3, 0.4) is 0 Å². The number of halogens is 2. The summed E-state index contributed by atoms with van der Waals surface area (Å²) in [6.07, 6.45) is -0.427. The number of ether oxygens (including phenoxy) is 2. The molecule has 0 bridgehead atoms. The Morgan fingerprint density at radius 3 is 2.03 bits per heavy atom. The highest BCUT2D eigenvalue weighted by Crippen LogP contribution is 2.28. The Bertz CT molecular complexity index is 940. The average molecular weight is 560 g/mol. The van der Waals surface area contributed by atoms with Crippen LogP contribution in [-0.2, 0) is 19.1 Å². The van der Waals surface area contributed by atoms with Gasteiger partial charge in [-0.3, -0.25) is 14.5 Å². The molecule has 0 aromatic heterocycles. The van der Waals surface area contributed by atoms with Gasteiger partial charge in [0.15, 0.2) is 0 Å². The summed E-state index contributed by atoms with van der Waals surface area (Å²) in [6.45, 7) is 15.7. The predicted octanol–water partition coefficient (Wildman–Crippen LogP) is 4.15. The summed E-state index contributed by atoms with van der Waals surface area (Å²) in [5, 5.41) is 1.05. The number of rotatable bonds is 3. The highest BCUT2D eigenvalue weighted by molar-refractivity contribution is 6.42. The Labute approximate surface area is 230 Å². The molecule has 1 atom stereocenters. The van der Waals surface area contributed by atoms with E-state index in [4.69, 9.17) is 27.9 Å². The van der Waals surface area contributed by atoms with E-state index in [0.717, 1.165) is 5.69 Å². The van der Waals surface area contributed by atoms with Gasteiger partial charge in [0, 0.05) is 51.5 Å². The molecule has 11 heteroatoms. The molecule has 2 aliphatic rings. The molecule has 1 aromatic carbocycles. The van der Waals surface area contributed by atoms with Gasteiger partial charge in [-0.1, -0.05) is 23.2 Å². The zero-order valence-electron chi connectivity index (χ0n) is 22.9. The van der Waals surface area contributed by atoms with E-state index in [9.17, 15) is 14.4 Å². The number of piperazine rings is 2. The molecule has 2 aliphatic heterocycles. The van der Waals surface area contributed by atoms with E-state index < -0.39 is 17.7 Å². The van der Waals surface area contributed by atoms with Crippen molar-refractivity contribution in [1.29, 1.82) is 0 Å². The monoisotopic (exact) mass is 558 g/mol. The minimum absolute atomic E-state index is 0.0267. The molecule has 0 aliphatic carbocycles. The molecule has 3 rings (SSSR count). The van der Waals surface area contributed by atoms with Crippen molar-refractivity contribution in [1.82, 2.24) is 14.7 Å². The van der Waals surface area contributed by atoms with E-state index in [2.05, 4.69) is 14.5 Å². The third kappa shape index (κ3) is 9.87. The molecule has 2 saturated heterocycles. The van der Waals surface area contributed by atoms with Gasteiger partial charge in [-0.05, 0) is 66.8 Å². The standard InChI is InChI=1S/C21H30Cl2N4O3.C5H10O2/c1-21(2,3)30-20(29)27-12-7-24(4)14-18(27)19(28)26-10-8-25(9-11-26)15-5-6-16(22)17(23)13-15;1-5(2,3)7-4-6/h5-6,13,18H,7-12,14H2,1-4H3;4H,1-3H3. The van der Waals surface area contributed by atoms with E-state index in [0.29, 0.717) is 62.3 Å². The van der Waals surface area contributed by atoms with Crippen LogP contribution in [0.15, 0.2) is 18.2 Å². The highest BCUT2D eigenvalue weighted by atomic mass is 35.5. The van der Waals surface area contributed by atoms with Gasteiger partial charge in [0.1, 0.15) is 17.2 Å². The highest BCUT2D eigenvalue weighted by Gasteiger charge is 2.39. The zero-order valence-corrected chi connectivity index (χ0v) is 24.4. The minimum atomic E-state index is -0.598. The molecule has 9 nitrogen and oxygen atoms in total. The first-order valence-corrected chi connectivity index (χ1v) is 13.2. The molecule has 37 heavy (non-hydrogen) atoms. The zero-order chi connectivity index (χ0) is 28.0. The van der Waals surface area contributed by atoms with E-state index >= 15 is 0 Å². The maximum atomic E-state index is 13.3. The normalized spacial score (nSPS) is 19.1. The van der Waals surface area contributed by atoms with Crippen LogP contribution in [0, 0.1) is 0 Å². The second-order valence-electron chi connectivity index (χ2n) is 11.2. The van der Waals surface area contributed by atoms with Gasteiger partial charge in [0.2, 0.25) is 5.91 Å². The van der Waals surface area contributed by atoms with Crippen LogP contribution in [-0.4, -0.2) is 103 Å². The van der Waals surface area contributed by atoms with E-state index in [1.165, 1.54) is 0 Å². The molecule has 1 unspecified atom stereocenters. The Morgan fingerprint density at radius 2 is 1.54 bits per heavy atom. The average Bonchev–Trinajstić information content (AvgIpc) is 2.79. The summed E-state index contributed by atoms with van der Waals surface area (Å²) in [4.78, 5) is 43.3. The quantitative estimate of drug-likeness (QED) is 0.515. The lowest BCUT2D eigenvalue weighted by Crippen LogP contribution is -2.62. The van der Waals surface area contributed by atoms with Crippen LogP contribution in [0.4, 0.5) is 10.5 Å². The van der Waals surface area contributed by atoms with Crippen LogP contribution in [0.2, 0.25) is 10.0 Å². The van der Waals surface area contributed by atoms with Crippen LogP contribution in [0.5, 0.6) is 0 Å². The molecule has 2 heterocycles. The summed E-state index contributed by atoms with van der Waals surface area (Å²) in [5.74, 6) is -0.0267. The van der Waals surface area contributed by atoms with Crippen molar-refractivity contribution in [2.24, 2.45) is 0 Å². The van der Waals surface area contributed by atoms with Gasteiger partial charge in [-0.25, -0.2) is 4.79 Å². The van der Waals surface area contributed by atoms with Crippen molar-refractivity contribution in [2.75, 3.05) is 57.8 Å². The number of hydrogen-bond acceptors (Lipinski definition) is 7. The molecule has 2 fully saturated rings. The fourth-order valence-electron chi connectivity index (χ4n) is 3.89. The van der Waals surface area contributed by atoms with E-state index in [-0.39, 0.29) is 11.5 Å². The summed E-state index contributed by atoms with van der Waals surface area (Å²) >= 11 is 12.2. The van der Waals surface area contributed by atoms with Gasteiger partial charge in [0.25, 0.3) is 6.47 Å². The lowest BCUT2D eigenvalue weighted by atomic mass is 10.1. The van der Waals surface area contributed by atoms with E-state index in [1.54, 1.807) is 11.0 Å². The number of carbonyl (C=O) groups is 3. The van der Waals surface area contributed by atoms with Crippen LogP contribution < -0.4 is 4.90 Å². The lowest BCUT2D eigenvalue weighted by Gasteiger charge is -2.43. The van der Waals surface area contributed by atoms with Gasteiger partial charge in [0.05, 0.1) is 10.0 Å². The molecule has 208 valence electrons. The number of benzene rings is 1. The van der Waals surface area contributed by atoms with Crippen molar-refractivity contribution >= 4 is 47.4 Å². The van der Waals surface area contributed by atoms with Gasteiger partial charge >= 0.3 is 6.09 Å². The third-order valence-electron chi connectivity index (χ3n) is 5.76. The molecular formula is C26H40Cl2N4O5. The predicted molar refractivity (Wildman–Crippen MR) is 146 cm³/mol. The molecule has 0 saturated carbocycles. The number of carbonyl (C=O) groups excluding carboxylic acids is 3. The van der Waals surface area contributed by atoms with Crippen LogP contribution in [0.1, 0.15) is 41.5 Å². The SMILES string of the molecule is CC(C)(C)OC=O.CN1CCN(C(=O)OC(C)(C)C)C(C(=O)N2CCN(c3ccc(Cl)c(Cl)c3)CC2)C1. The molecule has 2 amide bonds. The fraction of sp³-hybridized carbons (Fsp3) is 0.654. The minimum Gasteiger partial charge on any atom is -0.462 e. The Kier molecular flexibility index (Phi) is 10.9. The fourth-order valence-corrected chi connectivity index (χ4v) is 4.18. The topological polar surface area (TPSA) is 82.6 Å². The summed E-state index contributed by atoms with van der Waals surface area (Å²) in [7, 11) is 1.97. The molecule has 0 N–H and O–H groups in total. The van der Waals surface area contributed by atoms with Crippen LogP contribution in [0.25, 0.3) is 0 Å². The third-order valence-corrected chi connectivity index (χ3v) is 6.50. The first-order valence-electron chi connectivity index (χ1n) is 12.4. The first-order chi connectivity index (χ1) is 17.1. The Morgan fingerprint density at radius 1 is 0.919 bits per heavy atom. The first kappa shape index (κ1) is 31.0. The number of nitrogens with zero attached hydrogens (tertiary/aromatic N) is 4. The van der Waals surface area contributed by atoms with Gasteiger partial charge in [-0.2, -0.15) is 0 Å². The summed E-state index contributed by atoms with van der Waals surface area (Å²) in [6, 6.07) is 5.04. The second kappa shape index (κ2) is 13.0. The van der Waals surface area contributed by atoms with Crippen molar-refractivity contribution in [3.63, 3.8) is 0 Å². The second-order valence-corrected chi connectivity index (χ2v) is 12.0. The Balaban J connectivity index is 0.000000604. The number of likely N-dealkylation sites (N-methyl/N-ethyl adjacent to an activating group) is 1. The molecule has 1 aromatic rings. The van der Waals surface area contributed by atoms with Crippen molar-refractivity contribution in [3.8, 4) is 0 Å². The van der Waals surface area contributed by atoms with E-state index in [1.807, 2.05) is 65.6 Å². The van der Waals surface area contributed by atoms with Gasteiger partial charge < -0.3 is 24.2 Å². The summed E-state index contributed by atoms with van der Waals surface area (Å²) < 4.78 is 10.1. The number of hydrogen-bond donors (Lipinski definition) is 0. The summed E-state index contributed by atoms with van der Waals surface area (Å²) in [5.41, 5.74) is 0.0747. The van der Waals surface area contributed by atoms with Gasteiger partial charge in [-0.15, -0.1) is 0 Å². The van der Waals surface area contributed by atoms with Crippen LogP contribution >= 0.6 is 23.2 Å². The van der Waals surface area contributed by atoms with Crippen molar-refractivity contribution < 1.29 is 23.9 Å². The maximum absolute atomic E-state index is 13.3. The molecular weight excluding hydrogens is 519 g/mol. The molecule has 0 spiro atoms. The van der Waals surface area contributed by atoms with Crippen molar-refractivity contribution in [2.45, 2.75) is 58.8 Å². The largest absolute Gasteiger partial charge is 0.462 e. The smallest absolute Gasteiger partial charge is 0.411 e. The molecule has 0 radical (unpaired) electrons. The number of amides is 2. The van der Waals surface area contributed by atoms with Crippen molar-refractivity contribution in [3.05, 3.63) is 28.2 Å². The lowest BCUT2D eigenvalue weighted by molar-refractivity contribution is -0.139. The Hall–Kier alpha value is -2.23. The maximum Gasteiger partial charge on any atom is 0.411 e. The number of anilines is 1.